The number of halogens is 1. The molecule has 1 aromatic heterocycles. The van der Waals surface area contributed by atoms with Crippen molar-refractivity contribution in [2.45, 2.75) is 83.3 Å². The number of benzene rings is 1. The van der Waals surface area contributed by atoms with Crippen LogP contribution in [0.15, 0.2) is 28.8 Å². The van der Waals surface area contributed by atoms with Gasteiger partial charge in [0.1, 0.15) is 17.5 Å². The topological polar surface area (TPSA) is 97.6 Å². The maximum absolute atomic E-state index is 13.3. The van der Waals surface area contributed by atoms with Crippen LogP contribution in [-0.2, 0) is 4.74 Å². The summed E-state index contributed by atoms with van der Waals surface area (Å²) in [5.74, 6) is 0.956. The second-order valence-corrected chi connectivity index (χ2v) is 10.7. The van der Waals surface area contributed by atoms with Crippen LogP contribution in [0.1, 0.15) is 99.7 Å². The smallest absolute Gasteiger partial charge is 0.410 e. The predicted octanol–water partition coefficient (Wildman–Crippen LogP) is 5.37. The molecule has 0 bridgehead atoms. The van der Waals surface area contributed by atoms with Crippen molar-refractivity contribution in [1.29, 1.82) is 0 Å². The van der Waals surface area contributed by atoms with Crippen LogP contribution in [0, 0.1) is 11.7 Å². The van der Waals surface area contributed by atoms with Crippen molar-refractivity contribution >= 4 is 12.0 Å². The monoisotopic (exact) mass is 486 g/mol. The largest absolute Gasteiger partial charge is 0.444 e. The zero-order valence-electron chi connectivity index (χ0n) is 20.8. The van der Waals surface area contributed by atoms with Crippen molar-refractivity contribution in [1.82, 2.24) is 20.4 Å². The Morgan fingerprint density at radius 2 is 1.80 bits per heavy atom. The van der Waals surface area contributed by atoms with Gasteiger partial charge in [-0.2, -0.15) is 4.98 Å². The van der Waals surface area contributed by atoms with Gasteiger partial charge in [0.15, 0.2) is 5.82 Å². The van der Waals surface area contributed by atoms with Crippen LogP contribution in [0.2, 0.25) is 0 Å². The van der Waals surface area contributed by atoms with Crippen LogP contribution in [0.3, 0.4) is 0 Å². The highest BCUT2D eigenvalue weighted by molar-refractivity contribution is 5.94. The highest BCUT2D eigenvalue weighted by atomic mass is 19.1. The molecule has 2 fully saturated rings. The van der Waals surface area contributed by atoms with E-state index in [0.717, 1.165) is 38.5 Å². The molecule has 1 saturated carbocycles. The Morgan fingerprint density at radius 3 is 2.43 bits per heavy atom. The fraction of sp³-hybridized carbons (Fsp3) is 0.615. The number of hydrogen-bond donors (Lipinski definition) is 1. The standard InChI is InChI=1S/C26H35FN4O4/c1-26(2,3)34-25(33)31-14-12-17(13-15-31)16-21(28-23(32)19-8-10-20(27)11-9-19)24-29-22(30-35-24)18-6-4-5-7-18/h8-11,17-18,21H,4-7,12-16H2,1-3H3,(H,28,32). The number of carbonyl (C=O) groups is 2. The quantitative estimate of drug-likeness (QED) is 0.589. The van der Waals surface area contributed by atoms with E-state index in [1.165, 1.54) is 24.3 Å². The normalized spacial score (nSPS) is 18.5. The lowest BCUT2D eigenvalue weighted by molar-refractivity contribution is 0.0176. The molecular weight excluding hydrogens is 451 g/mol. The lowest BCUT2D eigenvalue weighted by Crippen LogP contribution is -2.42. The highest BCUT2D eigenvalue weighted by Crippen LogP contribution is 2.34. The molecule has 4 rings (SSSR count). The van der Waals surface area contributed by atoms with Crippen molar-refractivity contribution in [3.63, 3.8) is 0 Å². The maximum Gasteiger partial charge on any atom is 0.410 e. The fourth-order valence-corrected chi connectivity index (χ4v) is 4.81. The van der Waals surface area contributed by atoms with Crippen molar-refractivity contribution in [3.8, 4) is 0 Å². The van der Waals surface area contributed by atoms with Gasteiger partial charge in [-0.1, -0.05) is 18.0 Å². The number of likely N-dealkylation sites (tertiary alicyclic amines) is 1. The molecule has 1 atom stereocenters. The van der Waals surface area contributed by atoms with Gasteiger partial charge in [-0.05, 0) is 83.1 Å². The Morgan fingerprint density at radius 1 is 1.14 bits per heavy atom. The Hall–Kier alpha value is -2.97. The van der Waals surface area contributed by atoms with Crippen molar-refractivity contribution in [3.05, 3.63) is 47.4 Å². The zero-order valence-corrected chi connectivity index (χ0v) is 20.8. The van der Waals surface area contributed by atoms with Crippen molar-refractivity contribution in [2.75, 3.05) is 13.1 Å². The first kappa shape index (κ1) is 25.1. The van der Waals surface area contributed by atoms with Gasteiger partial charge < -0.3 is 19.5 Å². The predicted molar refractivity (Wildman–Crippen MR) is 127 cm³/mol. The van der Waals surface area contributed by atoms with Gasteiger partial charge >= 0.3 is 6.09 Å². The minimum atomic E-state index is -0.529. The van der Waals surface area contributed by atoms with Gasteiger partial charge in [0, 0.05) is 24.6 Å². The number of nitrogens with zero attached hydrogens (tertiary/aromatic N) is 3. The van der Waals surface area contributed by atoms with E-state index in [-0.39, 0.29) is 17.9 Å². The second kappa shape index (κ2) is 10.7. The minimum Gasteiger partial charge on any atom is -0.444 e. The summed E-state index contributed by atoms with van der Waals surface area (Å²) < 4.78 is 24.4. The number of rotatable bonds is 6. The molecule has 1 N–H and O–H groups in total. The third kappa shape index (κ3) is 6.80. The molecule has 1 aliphatic heterocycles. The molecule has 1 aromatic carbocycles. The summed E-state index contributed by atoms with van der Waals surface area (Å²) in [6.45, 7) is 6.76. The highest BCUT2D eigenvalue weighted by Gasteiger charge is 2.32. The second-order valence-electron chi connectivity index (χ2n) is 10.7. The van der Waals surface area contributed by atoms with Gasteiger partial charge in [0.05, 0.1) is 0 Å². The molecule has 2 amide bonds. The number of ether oxygens (including phenoxy) is 1. The lowest BCUT2D eigenvalue weighted by Gasteiger charge is -2.34. The van der Waals surface area contributed by atoms with E-state index in [4.69, 9.17) is 9.26 Å². The van der Waals surface area contributed by atoms with Crippen LogP contribution in [0.4, 0.5) is 9.18 Å². The van der Waals surface area contributed by atoms with Gasteiger partial charge in [-0.25, -0.2) is 9.18 Å². The summed E-state index contributed by atoms with van der Waals surface area (Å²) in [5, 5.41) is 7.24. The van der Waals surface area contributed by atoms with Gasteiger partial charge in [0.25, 0.3) is 5.91 Å². The number of hydrogen-bond acceptors (Lipinski definition) is 6. The first-order valence-electron chi connectivity index (χ1n) is 12.6. The molecule has 35 heavy (non-hydrogen) atoms. The van der Waals surface area contributed by atoms with E-state index < -0.39 is 17.5 Å². The maximum atomic E-state index is 13.3. The summed E-state index contributed by atoms with van der Waals surface area (Å²) in [5.41, 5.74) is -0.162. The Kier molecular flexibility index (Phi) is 7.72. The summed E-state index contributed by atoms with van der Waals surface area (Å²) in [6.07, 6.45) is 6.31. The third-order valence-corrected chi connectivity index (χ3v) is 6.72. The van der Waals surface area contributed by atoms with E-state index in [0.29, 0.717) is 42.7 Å². The fourth-order valence-electron chi connectivity index (χ4n) is 4.81. The number of amides is 2. The van der Waals surface area contributed by atoms with Crippen LogP contribution >= 0.6 is 0 Å². The molecule has 9 heteroatoms. The Labute approximate surface area is 205 Å². The van der Waals surface area contributed by atoms with Gasteiger partial charge in [-0.15, -0.1) is 0 Å². The first-order valence-corrected chi connectivity index (χ1v) is 12.6. The van der Waals surface area contributed by atoms with Crippen molar-refractivity contribution in [2.24, 2.45) is 5.92 Å². The molecule has 0 spiro atoms. The molecule has 1 aliphatic carbocycles. The van der Waals surface area contributed by atoms with E-state index in [9.17, 15) is 14.0 Å². The third-order valence-electron chi connectivity index (χ3n) is 6.72. The van der Waals surface area contributed by atoms with Crippen LogP contribution < -0.4 is 5.32 Å². The first-order chi connectivity index (χ1) is 16.7. The average Bonchev–Trinajstić information content (AvgIpc) is 3.50. The van der Waals surface area contributed by atoms with E-state index in [1.807, 2.05) is 20.8 Å². The van der Waals surface area contributed by atoms with Crippen LogP contribution in [0.5, 0.6) is 0 Å². The Bertz CT molecular complexity index is 1000. The number of carbonyl (C=O) groups excluding carboxylic acids is 2. The molecule has 0 radical (unpaired) electrons. The van der Waals surface area contributed by atoms with Gasteiger partial charge in [0.2, 0.25) is 5.89 Å². The van der Waals surface area contributed by atoms with Gasteiger partial charge in [-0.3, -0.25) is 4.79 Å². The Balaban J connectivity index is 1.43. The molecule has 1 unspecified atom stereocenters. The molecular formula is C26H35FN4O4. The SMILES string of the molecule is CC(C)(C)OC(=O)N1CCC(CC(NC(=O)c2ccc(F)cc2)c2nc(C3CCCC3)no2)CC1. The van der Waals surface area contributed by atoms with E-state index >= 15 is 0 Å². The minimum absolute atomic E-state index is 0.258. The lowest BCUT2D eigenvalue weighted by atomic mass is 9.90. The van der Waals surface area contributed by atoms with Crippen LogP contribution in [0.25, 0.3) is 0 Å². The molecule has 8 nitrogen and oxygen atoms in total. The van der Waals surface area contributed by atoms with E-state index in [2.05, 4.69) is 15.5 Å². The van der Waals surface area contributed by atoms with Crippen LogP contribution in [-0.4, -0.2) is 45.7 Å². The number of aromatic nitrogens is 2. The average molecular weight is 487 g/mol. The molecule has 2 aromatic rings. The van der Waals surface area contributed by atoms with Crippen molar-refractivity contribution < 1.29 is 23.2 Å². The molecule has 2 heterocycles. The summed E-state index contributed by atoms with van der Waals surface area (Å²) in [7, 11) is 0. The molecule has 1 saturated heterocycles. The van der Waals surface area contributed by atoms with E-state index in [1.54, 1.807) is 4.90 Å². The number of nitrogens with one attached hydrogen (secondary N) is 1. The summed E-state index contributed by atoms with van der Waals surface area (Å²) >= 11 is 0. The summed E-state index contributed by atoms with van der Waals surface area (Å²) in [6, 6.07) is 4.98. The zero-order chi connectivity index (χ0) is 25.0. The molecule has 2 aliphatic rings. The summed E-state index contributed by atoms with van der Waals surface area (Å²) in [4.78, 5) is 31.7. The molecule has 190 valence electrons. The number of piperidine rings is 1.